The van der Waals surface area contributed by atoms with Crippen LogP contribution in [0.4, 0.5) is 13.2 Å². The number of benzene rings is 1. The average Bonchev–Trinajstić information content (AvgIpc) is 2.52. The Bertz CT molecular complexity index is 482. The highest BCUT2D eigenvalue weighted by Crippen LogP contribution is 2.31. The van der Waals surface area contributed by atoms with Gasteiger partial charge in [0.25, 0.3) is 0 Å². The summed E-state index contributed by atoms with van der Waals surface area (Å²) < 4.78 is 54.4. The van der Waals surface area contributed by atoms with Gasteiger partial charge >= 0.3 is 6.18 Å². The van der Waals surface area contributed by atoms with E-state index >= 15 is 0 Å². The summed E-state index contributed by atoms with van der Waals surface area (Å²) in [6.45, 7) is 4.40. The Morgan fingerprint density at radius 2 is 2.18 bits per heavy atom. The van der Waals surface area contributed by atoms with Gasteiger partial charge in [-0.1, -0.05) is 12.1 Å². The van der Waals surface area contributed by atoms with Gasteiger partial charge in [0.1, 0.15) is 18.5 Å². The van der Waals surface area contributed by atoms with Crippen LogP contribution in [-0.4, -0.2) is 25.6 Å². The van der Waals surface area contributed by atoms with Crippen LogP contribution in [0.3, 0.4) is 0 Å². The van der Waals surface area contributed by atoms with E-state index in [-0.39, 0.29) is 18.6 Å². The molecule has 122 valence electrons. The van der Waals surface area contributed by atoms with Crippen LogP contribution in [0.25, 0.3) is 0 Å². The summed E-state index contributed by atoms with van der Waals surface area (Å²) in [4.78, 5) is 0. The highest BCUT2D eigenvalue weighted by molar-refractivity contribution is 5.30. The van der Waals surface area contributed by atoms with Gasteiger partial charge in [-0.05, 0) is 37.5 Å². The molecular formula is C16H19F3O3. The van der Waals surface area contributed by atoms with Crippen LogP contribution < -0.4 is 4.74 Å². The van der Waals surface area contributed by atoms with E-state index < -0.39 is 17.8 Å². The van der Waals surface area contributed by atoms with E-state index in [1.807, 2.05) is 0 Å². The van der Waals surface area contributed by atoms with Crippen LogP contribution in [0.15, 0.2) is 36.9 Å². The van der Waals surface area contributed by atoms with Crippen molar-refractivity contribution in [1.82, 2.24) is 0 Å². The van der Waals surface area contributed by atoms with Crippen LogP contribution in [0, 0.1) is 0 Å². The van der Waals surface area contributed by atoms with Crippen LogP contribution in [0.2, 0.25) is 0 Å². The summed E-state index contributed by atoms with van der Waals surface area (Å²) in [5.74, 6) is 0.148. The molecule has 1 aromatic carbocycles. The fourth-order valence-electron chi connectivity index (χ4n) is 2.12. The Kier molecular flexibility index (Phi) is 5.85. The fraction of sp³-hybridized carbons (Fsp3) is 0.500. The largest absolute Gasteiger partial charge is 0.491 e. The minimum atomic E-state index is -4.39. The third kappa shape index (κ3) is 5.03. The maximum Gasteiger partial charge on any atom is 0.416 e. The Morgan fingerprint density at radius 3 is 2.82 bits per heavy atom. The third-order valence-electron chi connectivity index (χ3n) is 3.30. The first-order chi connectivity index (χ1) is 10.5. The summed E-state index contributed by atoms with van der Waals surface area (Å²) in [7, 11) is 0. The average molecular weight is 316 g/mol. The van der Waals surface area contributed by atoms with Crippen molar-refractivity contribution < 1.29 is 27.4 Å². The molecule has 0 aromatic heterocycles. The van der Waals surface area contributed by atoms with E-state index in [2.05, 4.69) is 6.58 Å². The van der Waals surface area contributed by atoms with E-state index in [4.69, 9.17) is 14.2 Å². The standard InChI is InChI=1S/C16H19F3O3/c1-2-13(22-15-8-3-4-9-20-15)11-21-14-7-5-6-12(10-14)16(17,18)19/h2,5-7,10,13,15H,1,3-4,8-9,11H2/t13-,15-/m1/s1. The van der Waals surface area contributed by atoms with Crippen molar-refractivity contribution >= 4 is 0 Å². The molecule has 0 aliphatic carbocycles. The van der Waals surface area contributed by atoms with E-state index in [1.54, 1.807) is 6.08 Å². The lowest BCUT2D eigenvalue weighted by Crippen LogP contribution is -2.30. The number of hydrogen-bond acceptors (Lipinski definition) is 3. The minimum absolute atomic E-state index is 0.0880. The predicted molar refractivity (Wildman–Crippen MR) is 75.6 cm³/mol. The summed E-state index contributed by atoms with van der Waals surface area (Å²) >= 11 is 0. The fourth-order valence-corrected chi connectivity index (χ4v) is 2.12. The molecule has 1 aliphatic rings. The van der Waals surface area contributed by atoms with Crippen molar-refractivity contribution in [2.45, 2.75) is 37.8 Å². The highest BCUT2D eigenvalue weighted by Gasteiger charge is 2.30. The molecule has 3 nitrogen and oxygen atoms in total. The molecule has 0 radical (unpaired) electrons. The van der Waals surface area contributed by atoms with Crippen molar-refractivity contribution in [3.8, 4) is 5.75 Å². The SMILES string of the molecule is C=C[C@H](COc1cccc(C(F)(F)F)c1)O[C@@H]1CCCCO1. The lowest BCUT2D eigenvalue weighted by Gasteiger charge is -2.26. The summed E-state index contributed by atoms with van der Waals surface area (Å²) in [5, 5.41) is 0. The molecule has 0 N–H and O–H groups in total. The number of rotatable bonds is 6. The second-order valence-corrected chi connectivity index (χ2v) is 5.04. The van der Waals surface area contributed by atoms with Crippen LogP contribution in [0.1, 0.15) is 24.8 Å². The quantitative estimate of drug-likeness (QED) is 0.737. The molecule has 0 unspecified atom stereocenters. The van der Waals surface area contributed by atoms with Crippen LogP contribution in [-0.2, 0) is 15.7 Å². The molecule has 22 heavy (non-hydrogen) atoms. The van der Waals surface area contributed by atoms with Crippen molar-refractivity contribution in [2.24, 2.45) is 0 Å². The van der Waals surface area contributed by atoms with Gasteiger partial charge in [-0.3, -0.25) is 0 Å². The van der Waals surface area contributed by atoms with Crippen molar-refractivity contribution in [1.29, 1.82) is 0 Å². The van der Waals surface area contributed by atoms with Crippen molar-refractivity contribution in [2.75, 3.05) is 13.2 Å². The molecule has 1 aliphatic heterocycles. The number of halogens is 3. The monoisotopic (exact) mass is 316 g/mol. The molecule has 0 saturated carbocycles. The highest BCUT2D eigenvalue weighted by atomic mass is 19.4. The minimum Gasteiger partial charge on any atom is -0.491 e. The Labute approximate surface area is 127 Å². The van der Waals surface area contributed by atoms with Crippen molar-refractivity contribution in [3.63, 3.8) is 0 Å². The first kappa shape index (κ1) is 16.8. The van der Waals surface area contributed by atoms with Crippen molar-refractivity contribution in [3.05, 3.63) is 42.5 Å². The summed E-state index contributed by atoms with van der Waals surface area (Å²) in [6, 6.07) is 4.76. The number of alkyl halides is 3. The zero-order valence-corrected chi connectivity index (χ0v) is 12.1. The molecule has 2 rings (SSSR count). The maximum atomic E-state index is 12.6. The van der Waals surface area contributed by atoms with Gasteiger partial charge < -0.3 is 14.2 Å². The smallest absolute Gasteiger partial charge is 0.416 e. The Morgan fingerprint density at radius 1 is 1.36 bits per heavy atom. The molecule has 1 saturated heterocycles. The van der Waals surface area contributed by atoms with E-state index in [1.165, 1.54) is 12.1 Å². The topological polar surface area (TPSA) is 27.7 Å². The van der Waals surface area contributed by atoms with Gasteiger partial charge in [0.2, 0.25) is 0 Å². The molecule has 0 bridgehead atoms. The first-order valence-corrected chi connectivity index (χ1v) is 7.18. The third-order valence-corrected chi connectivity index (χ3v) is 3.30. The molecule has 1 fully saturated rings. The maximum absolute atomic E-state index is 12.6. The molecule has 0 spiro atoms. The van der Waals surface area contributed by atoms with E-state index in [0.717, 1.165) is 31.4 Å². The molecule has 0 amide bonds. The van der Waals surface area contributed by atoms with Gasteiger partial charge in [0, 0.05) is 6.61 Å². The van der Waals surface area contributed by atoms with Gasteiger partial charge in [0.05, 0.1) is 5.56 Å². The summed E-state index contributed by atoms with van der Waals surface area (Å²) in [5.41, 5.74) is -0.739. The molecule has 6 heteroatoms. The van der Waals surface area contributed by atoms with Gasteiger partial charge in [0.15, 0.2) is 6.29 Å². The van der Waals surface area contributed by atoms with Crippen LogP contribution in [0.5, 0.6) is 5.75 Å². The second-order valence-electron chi connectivity index (χ2n) is 5.04. The molecular weight excluding hydrogens is 297 g/mol. The number of ether oxygens (including phenoxy) is 3. The first-order valence-electron chi connectivity index (χ1n) is 7.18. The second kappa shape index (κ2) is 7.65. The zero-order chi connectivity index (χ0) is 16.0. The lowest BCUT2D eigenvalue weighted by molar-refractivity contribution is -0.182. The van der Waals surface area contributed by atoms with Gasteiger partial charge in [-0.15, -0.1) is 6.58 Å². The van der Waals surface area contributed by atoms with Gasteiger partial charge in [-0.25, -0.2) is 0 Å². The Balaban J connectivity index is 1.88. The molecule has 1 heterocycles. The zero-order valence-electron chi connectivity index (χ0n) is 12.1. The van der Waals surface area contributed by atoms with E-state index in [0.29, 0.717) is 6.61 Å². The molecule has 2 atom stereocenters. The van der Waals surface area contributed by atoms with Gasteiger partial charge in [-0.2, -0.15) is 13.2 Å². The number of hydrogen-bond donors (Lipinski definition) is 0. The lowest BCUT2D eigenvalue weighted by atomic mass is 10.2. The predicted octanol–water partition coefficient (Wildman–Crippen LogP) is 4.18. The van der Waals surface area contributed by atoms with E-state index in [9.17, 15) is 13.2 Å². The Hall–Kier alpha value is -1.53. The van der Waals surface area contributed by atoms with Crippen LogP contribution >= 0.6 is 0 Å². The molecule has 1 aromatic rings. The summed E-state index contributed by atoms with van der Waals surface area (Å²) in [6.07, 6.45) is -0.717. The normalized spacial score (nSPS) is 20.4.